The molecule has 1 unspecified atom stereocenters. The van der Waals surface area contributed by atoms with E-state index in [1.54, 1.807) is 58.3 Å². The van der Waals surface area contributed by atoms with Crippen LogP contribution in [-0.2, 0) is 56.0 Å². The molecule has 80 heavy (non-hydrogen) atoms. The summed E-state index contributed by atoms with van der Waals surface area (Å²) >= 11 is 0. The smallest absolute Gasteiger partial charge is 0.317 e. The number of H-pyrrole nitrogens is 1. The molecule has 434 valence electrons. The molecule has 0 spiro atoms. The Morgan fingerprint density at radius 2 is 1.20 bits per heavy atom. The van der Waals surface area contributed by atoms with Gasteiger partial charge in [-0.2, -0.15) is 4.98 Å². The number of ether oxygens (including phenoxy) is 2. The lowest BCUT2D eigenvalue weighted by atomic mass is 10.0. The van der Waals surface area contributed by atoms with Gasteiger partial charge in [-0.05, 0) is 54.8 Å². The fourth-order valence-corrected chi connectivity index (χ4v) is 8.35. The Morgan fingerprint density at radius 1 is 0.650 bits per heavy atom. The third kappa shape index (κ3) is 23.8. The highest BCUT2D eigenvalue weighted by atomic mass is 16.5. The number of benzene rings is 2. The number of hydrogen-bond acceptors (Lipinski definition) is 20. The largest absolute Gasteiger partial charge is 0.480 e. The number of aromatic nitrogens is 4. The molecular weight excluding hydrogens is 1050 g/mol. The van der Waals surface area contributed by atoms with Crippen molar-refractivity contribution in [3.63, 3.8) is 0 Å². The van der Waals surface area contributed by atoms with Crippen molar-refractivity contribution in [2.45, 2.75) is 44.7 Å². The number of carbonyl (C=O) groups excluding carboxylic acids is 4. The lowest BCUT2D eigenvalue weighted by Crippen LogP contribution is -2.51. The average molecular weight is 1120 g/mol. The lowest BCUT2D eigenvalue weighted by Gasteiger charge is -2.35. The molecule has 4 amide bonds. The molecule has 3 heterocycles. The number of fused-ring (bicyclic) bond motifs is 1. The molecule has 1 atom stereocenters. The van der Waals surface area contributed by atoms with Crippen LogP contribution in [-0.4, -0.2) is 232 Å². The highest BCUT2D eigenvalue weighted by molar-refractivity contribution is 5.94. The summed E-state index contributed by atoms with van der Waals surface area (Å²) in [6.45, 7) is 2.58. The fraction of sp³-hybridized carbons (Fsp3) is 0.490. The molecule has 29 nitrogen and oxygen atoms in total. The van der Waals surface area contributed by atoms with Crippen LogP contribution in [0.5, 0.6) is 0 Å². The van der Waals surface area contributed by atoms with Gasteiger partial charge in [-0.25, -0.2) is 9.97 Å². The van der Waals surface area contributed by atoms with Crippen LogP contribution in [0.15, 0.2) is 59.5 Å². The normalized spacial score (nSPS) is 13.8. The minimum absolute atomic E-state index is 0.0469. The van der Waals surface area contributed by atoms with E-state index in [4.69, 9.17) is 15.2 Å². The number of carboxylic acid groups (broad SMARTS) is 4. The summed E-state index contributed by atoms with van der Waals surface area (Å²) < 4.78 is 11.0. The Kier molecular flexibility index (Phi) is 26.0. The van der Waals surface area contributed by atoms with Crippen molar-refractivity contribution in [3.8, 4) is 0 Å². The van der Waals surface area contributed by atoms with Gasteiger partial charge in [0.2, 0.25) is 23.7 Å². The van der Waals surface area contributed by atoms with Gasteiger partial charge in [0.25, 0.3) is 11.5 Å². The molecular formula is C51H70N14O15. The third-order valence-corrected chi connectivity index (χ3v) is 12.3. The fourth-order valence-electron chi connectivity index (χ4n) is 8.35. The van der Waals surface area contributed by atoms with Crippen molar-refractivity contribution < 1.29 is 68.3 Å². The van der Waals surface area contributed by atoms with Gasteiger partial charge in [-0.3, -0.25) is 67.7 Å². The number of nitrogens with one attached hydrogen (secondary N) is 6. The van der Waals surface area contributed by atoms with Gasteiger partial charge in [0, 0.05) is 108 Å². The quantitative estimate of drug-likeness (QED) is 0.0239. The van der Waals surface area contributed by atoms with Gasteiger partial charge in [0.15, 0.2) is 11.2 Å². The lowest BCUT2D eigenvalue weighted by molar-refractivity contribution is -0.143. The number of aromatic amines is 1. The molecule has 5 rings (SSSR count). The van der Waals surface area contributed by atoms with Gasteiger partial charge in [-0.15, -0.1) is 0 Å². The van der Waals surface area contributed by atoms with E-state index in [1.807, 2.05) is 4.90 Å². The first-order valence-electron chi connectivity index (χ1n) is 25.9. The number of nitrogens with zero attached hydrogens (tertiary/aromatic N) is 7. The molecule has 1 fully saturated rings. The predicted molar refractivity (Wildman–Crippen MR) is 289 cm³/mol. The van der Waals surface area contributed by atoms with Crippen LogP contribution in [0.4, 0.5) is 17.3 Å². The second-order valence-corrected chi connectivity index (χ2v) is 18.6. The summed E-state index contributed by atoms with van der Waals surface area (Å²) in [6, 6.07) is 12.8. The Balaban J connectivity index is 0.903. The van der Waals surface area contributed by atoms with E-state index in [-0.39, 0.29) is 126 Å². The zero-order chi connectivity index (χ0) is 57.8. The van der Waals surface area contributed by atoms with Crippen LogP contribution in [0.1, 0.15) is 47.3 Å². The summed E-state index contributed by atoms with van der Waals surface area (Å²) in [5.74, 6) is -5.83. The molecule has 1 saturated heterocycles. The SMILES string of the molecule is Nc1nc2ncc(CNc3ccc(C(=O)NCCCC(=O)NCCOCCOCCNC(=O)CCC(=O)Nc4ccc(CC(CN5CCN(CC(=O)O)CCN(CC(=O)O)CC5)N(CC(=O)O)CC(=O)O)cc4)cc3)nc2c(=O)[nH]1. The molecule has 0 bridgehead atoms. The Hall–Kier alpha value is -8.22. The van der Waals surface area contributed by atoms with Gasteiger partial charge >= 0.3 is 23.9 Å². The maximum atomic E-state index is 12.7. The zero-order valence-electron chi connectivity index (χ0n) is 44.2. The Bertz CT molecular complexity index is 2720. The van der Waals surface area contributed by atoms with Gasteiger partial charge in [0.1, 0.15) is 0 Å². The minimum Gasteiger partial charge on any atom is -0.480 e. The standard InChI is InChI=1S/C51H70N14O15/c52-51-60-48-47(50(78)61-51)59-38(28-57-48)27-56-36-9-5-35(6-10-36)49(77)55-13-1-2-40(66)53-14-22-79-24-25-80-23-15-54-41(67)11-12-42(68)58-37-7-3-34(4-8-37)26-39(65(32-45(73)74)33-46(75)76)29-62-16-18-63(30-43(69)70)20-21-64(19-17-62)31-44(71)72/h3-10,28,39,56H,1-2,11-27,29-33H2,(H,53,66)(H,54,67)(H,55,77)(H,58,68)(H,69,70)(H,71,72)(H,73,74)(H,75,76)(H3,52,57,60,61,78). The number of anilines is 3. The first kappa shape index (κ1) is 62.6. The molecule has 0 saturated carbocycles. The van der Waals surface area contributed by atoms with Crippen molar-refractivity contribution in [2.75, 3.05) is 134 Å². The number of carbonyl (C=O) groups is 8. The summed E-state index contributed by atoms with van der Waals surface area (Å²) in [5, 5.41) is 52.4. The number of hydrogen-bond donors (Lipinski definition) is 11. The van der Waals surface area contributed by atoms with E-state index in [1.165, 1.54) is 11.1 Å². The van der Waals surface area contributed by atoms with E-state index in [0.717, 1.165) is 0 Å². The van der Waals surface area contributed by atoms with Crippen LogP contribution in [0.25, 0.3) is 11.2 Å². The summed E-state index contributed by atoms with van der Waals surface area (Å²) in [7, 11) is 0. The molecule has 12 N–H and O–H groups in total. The number of amides is 4. The van der Waals surface area contributed by atoms with Crippen molar-refractivity contribution >= 4 is 76.0 Å². The van der Waals surface area contributed by atoms with Crippen LogP contribution in [0, 0.1) is 0 Å². The van der Waals surface area contributed by atoms with Gasteiger partial charge < -0.3 is 62.2 Å². The Labute approximate surface area is 459 Å². The van der Waals surface area contributed by atoms with E-state index in [9.17, 15) is 63.6 Å². The second-order valence-electron chi connectivity index (χ2n) is 18.6. The number of carboxylic acids is 4. The molecule has 4 aromatic rings. The Morgan fingerprint density at radius 3 is 1.77 bits per heavy atom. The summed E-state index contributed by atoms with van der Waals surface area (Å²) in [4.78, 5) is 130. The number of rotatable bonds is 34. The third-order valence-electron chi connectivity index (χ3n) is 12.3. The molecule has 0 aliphatic carbocycles. The topological polar surface area (TPSA) is 407 Å². The van der Waals surface area contributed by atoms with Crippen molar-refractivity contribution in [3.05, 3.63) is 81.9 Å². The van der Waals surface area contributed by atoms with Crippen LogP contribution in [0.2, 0.25) is 0 Å². The van der Waals surface area contributed by atoms with E-state index in [2.05, 4.69) is 46.5 Å². The maximum Gasteiger partial charge on any atom is 0.317 e. The number of aliphatic carboxylic acids is 4. The molecule has 1 aliphatic heterocycles. The maximum absolute atomic E-state index is 12.7. The summed E-state index contributed by atoms with van der Waals surface area (Å²) in [5.41, 5.74) is 8.08. The number of nitrogen functional groups attached to an aromatic ring is 1. The van der Waals surface area contributed by atoms with E-state index in [0.29, 0.717) is 80.4 Å². The first-order chi connectivity index (χ1) is 38.4. The molecule has 29 heteroatoms. The minimum atomic E-state index is -1.23. The van der Waals surface area contributed by atoms with Gasteiger partial charge in [0.05, 0.1) is 71.0 Å². The van der Waals surface area contributed by atoms with E-state index >= 15 is 0 Å². The van der Waals surface area contributed by atoms with Crippen LogP contribution < -0.4 is 37.9 Å². The van der Waals surface area contributed by atoms with Crippen molar-refractivity contribution in [1.82, 2.24) is 55.5 Å². The van der Waals surface area contributed by atoms with Crippen LogP contribution >= 0.6 is 0 Å². The zero-order valence-corrected chi connectivity index (χ0v) is 44.2. The highest BCUT2D eigenvalue weighted by Crippen LogP contribution is 2.17. The first-order valence-corrected chi connectivity index (χ1v) is 25.9. The van der Waals surface area contributed by atoms with Crippen LogP contribution in [0.3, 0.4) is 0 Å². The second kappa shape index (κ2) is 33.3. The monoisotopic (exact) mass is 1120 g/mol. The molecule has 2 aromatic heterocycles. The number of nitrogens with two attached hydrogens (primary N) is 1. The van der Waals surface area contributed by atoms with E-state index < -0.39 is 54.5 Å². The van der Waals surface area contributed by atoms with Crippen molar-refractivity contribution in [1.29, 1.82) is 0 Å². The molecule has 1 aliphatic rings. The average Bonchev–Trinajstić information content (AvgIpc) is 3.49. The van der Waals surface area contributed by atoms with Crippen molar-refractivity contribution in [2.24, 2.45) is 0 Å². The van der Waals surface area contributed by atoms with Gasteiger partial charge in [-0.1, -0.05) is 12.1 Å². The molecule has 2 aromatic carbocycles. The summed E-state index contributed by atoms with van der Waals surface area (Å²) in [6.07, 6.45) is 2.14. The highest BCUT2D eigenvalue weighted by Gasteiger charge is 2.28. The predicted octanol–water partition coefficient (Wildman–Crippen LogP) is -1.43. The molecule has 0 radical (unpaired) electrons.